The van der Waals surface area contributed by atoms with E-state index in [4.69, 9.17) is 5.73 Å². The van der Waals surface area contributed by atoms with Crippen molar-refractivity contribution < 1.29 is 0 Å². The zero-order valence-electron chi connectivity index (χ0n) is 10.5. The Balaban J connectivity index is 2.00. The summed E-state index contributed by atoms with van der Waals surface area (Å²) in [5.74, 6) is 0.704. The van der Waals surface area contributed by atoms with Gasteiger partial charge in [0.05, 0.1) is 12.4 Å². The van der Waals surface area contributed by atoms with Crippen LogP contribution in [-0.2, 0) is 0 Å². The lowest BCUT2D eigenvalue weighted by atomic mass is 10.1. The average Bonchev–Trinajstić information content (AvgIpc) is 2.88. The summed E-state index contributed by atoms with van der Waals surface area (Å²) in [7, 11) is 0. The van der Waals surface area contributed by atoms with Crippen LogP contribution in [0.4, 0.5) is 5.69 Å². The summed E-state index contributed by atoms with van der Waals surface area (Å²) < 4.78 is 1.71. The second-order valence-electron chi connectivity index (χ2n) is 4.39. The van der Waals surface area contributed by atoms with Crippen molar-refractivity contribution in [1.82, 2.24) is 20.0 Å². The van der Waals surface area contributed by atoms with Gasteiger partial charge in [0.1, 0.15) is 0 Å². The van der Waals surface area contributed by atoms with Crippen LogP contribution in [0, 0.1) is 6.92 Å². The molecule has 0 atom stereocenters. The van der Waals surface area contributed by atoms with E-state index in [1.54, 1.807) is 17.1 Å². The van der Waals surface area contributed by atoms with Crippen molar-refractivity contribution in [3.05, 3.63) is 54.5 Å². The average molecular weight is 251 g/mol. The van der Waals surface area contributed by atoms with E-state index in [1.807, 2.05) is 43.5 Å². The van der Waals surface area contributed by atoms with Gasteiger partial charge in [0, 0.05) is 17.4 Å². The van der Waals surface area contributed by atoms with Gasteiger partial charge in [0.15, 0.2) is 5.82 Å². The van der Waals surface area contributed by atoms with Crippen molar-refractivity contribution >= 4 is 5.69 Å². The SMILES string of the molecule is Cc1cnnc(-n2cc(-c3cccc(N)c3)cn2)c1. The Bertz CT molecular complexity index is 657. The van der Waals surface area contributed by atoms with Gasteiger partial charge in [-0.05, 0) is 36.2 Å². The number of aromatic nitrogens is 4. The van der Waals surface area contributed by atoms with Crippen LogP contribution < -0.4 is 5.73 Å². The zero-order chi connectivity index (χ0) is 13.2. The fraction of sp³-hybridized carbons (Fsp3) is 0.0714. The molecule has 0 spiro atoms. The van der Waals surface area contributed by atoms with E-state index in [2.05, 4.69) is 15.3 Å². The molecule has 0 bridgehead atoms. The summed E-state index contributed by atoms with van der Waals surface area (Å²) in [6.07, 6.45) is 5.42. The van der Waals surface area contributed by atoms with Gasteiger partial charge < -0.3 is 5.73 Å². The number of rotatable bonds is 2. The Morgan fingerprint density at radius 3 is 2.79 bits per heavy atom. The Labute approximate surface area is 110 Å². The minimum atomic E-state index is 0.704. The number of benzene rings is 1. The van der Waals surface area contributed by atoms with Gasteiger partial charge >= 0.3 is 0 Å². The van der Waals surface area contributed by atoms with Crippen LogP contribution in [0.5, 0.6) is 0 Å². The molecule has 0 radical (unpaired) electrons. The second-order valence-corrected chi connectivity index (χ2v) is 4.39. The maximum atomic E-state index is 5.78. The molecule has 0 aliphatic carbocycles. The van der Waals surface area contributed by atoms with Crippen molar-refractivity contribution in [2.45, 2.75) is 6.92 Å². The maximum absolute atomic E-state index is 5.78. The Hall–Kier alpha value is -2.69. The molecule has 94 valence electrons. The molecule has 0 saturated carbocycles. The molecular weight excluding hydrogens is 238 g/mol. The summed E-state index contributed by atoms with van der Waals surface area (Å²) in [6.45, 7) is 1.97. The molecule has 19 heavy (non-hydrogen) atoms. The quantitative estimate of drug-likeness (QED) is 0.709. The van der Waals surface area contributed by atoms with E-state index in [9.17, 15) is 0 Å². The van der Waals surface area contributed by atoms with E-state index in [0.29, 0.717) is 5.82 Å². The third-order valence-electron chi connectivity index (χ3n) is 2.82. The molecule has 2 heterocycles. The minimum absolute atomic E-state index is 0.704. The molecule has 2 N–H and O–H groups in total. The summed E-state index contributed by atoms with van der Waals surface area (Å²) in [5.41, 5.74) is 9.60. The summed E-state index contributed by atoms with van der Waals surface area (Å²) >= 11 is 0. The molecule has 2 aromatic heterocycles. The molecule has 0 amide bonds. The summed E-state index contributed by atoms with van der Waals surface area (Å²) in [6, 6.07) is 9.64. The molecule has 0 fully saturated rings. The van der Waals surface area contributed by atoms with E-state index in [0.717, 1.165) is 22.4 Å². The van der Waals surface area contributed by atoms with E-state index < -0.39 is 0 Å². The van der Waals surface area contributed by atoms with Crippen molar-refractivity contribution in [1.29, 1.82) is 0 Å². The lowest BCUT2D eigenvalue weighted by molar-refractivity contribution is 0.810. The number of aryl methyl sites for hydroxylation is 1. The van der Waals surface area contributed by atoms with Gasteiger partial charge in [0.2, 0.25) is 0 Å². The van der Waals surface area contributed by atoms with Gasteiger partial charge in [0.25, 0.3) is 0 Å². The first-order chi connectivity index (χ1) is 9.22. The Morgan fingerprint density at radius 2 is 2.00 bits per heavy atom. The third-order valence-corrected chi connectivity index (χ3v) is 2.82. The van der Waals surface area contributed by atoms with Crippen LogP contribution in [0.3, 0.4) is 0 Å². The first kappa shape index (κ1) is 11.4. The lowest BCUT2D eigenvalue weighted by Crippen LogP contribution is -1.99. The highest BCUT2D eigenvalue weighted by Crippen LogP contribution is 2.21. The standard InChI is InChI=1S/C14H13N5/c1-10-5-14(18-16-7-10)19-9-12(8-17-19)11-3-2-4-13(15)6-11/h2-9H,15H2,1H3. The normalized spacial score (nSPS) is 10.6. The van der Waals surface area contributed by atoms with Crippen LogP contribution in [0.2, 0.25) is 0 Å². The molecular formula is C14H13N5. The maximum Gasteiger partial charge on any atom is 0.175 e. The second kappa shape index (κ2) is 4.53. The number of hydrogen-bond acceptors (Lipinski definition) is 4. The van der Waals surface area contributed by atoms with E-state index in [1.165, 1.54) is 0 Å². The molecule has 5 heteroatoms. The highest BCUT2D eigenvalue weighted by atomic mass is 15.3. The molecule has 3 aromatic rings. The smallest absolute Gasteiger partial charge is 0.175 e. The predicted molar refractivity (Wildman–Crippen MR) is 73.7 cm³/mol. The molecule has 3 rings (SSSR count). The number of nitrogens with two attached hydrogens (primary N) is 1. The van der Waals surface area contributed by atoms with E-state index >= 15 is 0 Å². The van der Waals surface area contributed by atoms with Gasteiger partial charge in [-0.1, -0.05) is 12.1 Å². The fourth-order valence-electron chi connectivity index (χ4n) is 1.88. The molecule has 0 aliphatic heterocycles. The van der Waals surface area contributed by atoms with Gasteiger partial charge in [-0.25, -0.2) is 4.68 Å². The Kier molecular flexibility index (Phi) is 2.72. The lowest BCUT2D eigenvalue weighted by Gasteiger charge is -2.00. The van der Waals surface area contributed by atoms with Gasteiger partial charge in [-0.15, -0.1) is 5.10 Å². The summed E-state index contributed by atoms with van der Waals surface area (Å²) in [4.78, 5) is 0. The van der Waals surface area contributed by atoms with Gasteiger partial charge in [-0.3, -0.25) is 0 Å². The largest absolute Gasteiger partial charge is 0.399 e. The number of anilines is 1. The molecule has 1 aromatic carbocycles. The minimum Gasteiger partial charge on any atom is -0.399 e. The highest BCUT2D eigenvalue weighted by Gasteiger charge is 2.05. The number of nitrogen functional groups attached to an aromatic ring is 1. The van der Waals surface area contributed by atoms with Gasteiger partial charge in [-0.2, -0.15) is 10.2 Å². The van der Waals surface area contributed by atoms with Crippen LogP contribution in [0.15, 0.2) is 48.9 Å². The van der Waals surface area contributed by atoms with Crippen LogP contribution in [-0.4, -0.2) is 20.0 Å². The van der Waals surface area contributed by atoms with Crippen LogP contribution in [0.25, 0.3) is 16.9 Å². The van der Waals surface area contributed by atoms with E-state index in [-0.39, 0.29) is 0 Å². The predicted octanol–water partition coefficient (Wildman–Crippen LogP) is 2.22. The molecule has 0 aliphatic rings. The third kappa shape index (κ3) is 2.30. The van der Waals surface area contributed by atoms with Crippen molar-refractivity contribution in [3.8, 4) is 16.9 Å². The fourth-order valence-corrected chi connectivity index (χ4v) is 1.88. The number of hydrogen-bond donors (Lipinski definition) is 1. The first-order valence-corrected chi connectivity index (χ1v) is 5.93. The number of nitrogens with zero attached hydrogens (tertiary/aromatic N) is 4. The molecule has 0 unspecified atom stereocenters. The zero-order valence-corrected chi connectivity index (χ0v) is 10.5. The summed E-state index contributed by atoms with van der Waals surface area (Å²) in [5, 5.41) is 12.3. The monoisotopic (exact) mass is 251 g/mol. The van der Waals surface area contributed by atoms with Crippen molar-refractivity contribution in [2.24, 2.45) is 0 Å². The Morgan fingerprint density at radius 1 is 1.11 bits per heavy atom. The molecule has 0 saturated heterocycles. The highest BCUT2D eigenvalue weighted by molar-refractivity contribution is 5.66. The van der Waals surface area contributed by atoms with Crippen molar-refractivity contribution in [2.75, 3.05) is 5.73 Å². The van der Waals surface area contributed by atoms with Crippen molar-refractivity contribution in [3.63, 3.8) is 0 Å². The topological polar surface area (TPSA) is 69.6 Å². The molecule has 5 nitrogen and oxygen atoms in total. The van der Waals surface area contributed by atoms with Crippen LogP contribution >= 0.6 is 0 Å². The van der Waals surface area contributed by atoms with Crippen LogP contribution in [0.1, 0.15) is 5.56 Å². The first-order valence-electron chi connectivity index (χ1n) is 5.93.